The molecule has 156 valence electrons. The van der Waals surface area contributed by atoms with Crippen LogP contribution in [0.25, 0.3) is 5.69 Å². The molecule has 0 bridgehead atoms. The number of ether oxygens (including phenoxy) is 1. The van der Waals surface area contributed by atoms with Crippen LogP contribution < -0.4 is 10.2 Å². The first-order valence-corrected chi connectivity index (χ1v) is 10.3. The summed E-state index contributed by atoms with van der Waals surface area (Å²) in [6, 6.07) is 11.8. The highest BCUT2D eigenvalue weighted by Gasteiger charge is 2.22. The molecule has 1 fully saturated rings. The van der Waals surface area contributed by atoms with E-state index in [1.807, 2.05) is 4.90 Å². The van der Waals surface area contributed by atoms with Gasteiger partial charge in [0.2, 0.25) is 11.9 Å². The highest BCUT2D eigenvalue weighted by Crippen LogP contribution is 2.27. The van der Waals surface area contributed by atoms with Crippen molar-refractivity contribution in [2.45, 2.75) is 5.16 Å². The highest BCUT2D eigenvalue weighted by atomic mass is 32.2. The molecular formula is C20H19F2N5O2S. The number of thioether (sulfide) groups is 1. The molecule has 0 spiro atoms. The van der Waals surface area contributed by atoms with E-state index in [1.54, 1.807) is 22.8 Å². The topological polar surface area (TPSA) is 72.3 Å². The van der Waals surface area contributed by atoms with E-state index in [4.69, 9.17) is 4.74 Å². The fraction of sp³-hybridized carbons (Fsp3) is 0.250. The number of anilines is 2. The van der Waals surface area contributed by atoms with Gasteiger partial charge in [-0.25, -0.2) is 8.78 Å². The molecule has 0 radical (unpaired) electrons. The second-order valence-electron chi connectivity index (χ2n) is 6.54. The number of nitrogens with zero attached hydrogens (tertiary/aromatic N) is 4. The van der Waals surface area contributed by atoms with Gasteiger partial charge in [0, 0.05) is 18.8 Å². The van der Waals surface area contributed by atoms with Crippen LogP contribution in [0.5, 0.6) is 0 Å². The number of hydrogen-bond acceptors (Lipinski definition) is 6. The summed E-state index contributed by atoms with van der Waals surface area (Å²) in [5, 5.41) is 11.6. The normalized spacial score (nSPS) is 14.0. The molecule has 4 rings (SSSR count). The number of carbonyl (C=O) groups is 1. The SMILES string of the molecule is O=C(CSc1nnc(N2CCOCC2)n1-c1cccc(F)c1)Nc1cccc(F)c1. The second kappa shape index (κ2) is 9.23. The zero-order chi connectivity index (χ0) is 20.9. The van der Waals surface area contributed by atoms with E-state index in [0.29, 0.717) is 48.8 Å². The Kier molecular flexibility index (Phi) is 6.24. The molecule has 0 aliphatic carbocycles. The molecule has 0 unspecified atom stereocenters. The number of morpholine rings is 1. The van der Waals surface area contributed by atoms with E-state index in [1.165, 1.54) is 42.1 Å². The van der Waals surface area contributed by atoms with Crippen LogP contribution in [-0.2, 0) is 9.53 Å². The van der Waals surface area contributed by atoms with Crippen molar-refractivity contribution in [1.82, 2.24) is 14.8 Å². The lowest BCUT2D eigenvalue weighted by Gasteiger charge is -2.27. The second-order valence-corrected chi connectivity index (χ2v) is 7.49. The van der Waals surface area contributed by atoms with Gasteiger partial charge in [-0.3, -0.25) is 9.36 Å². The van der Waals surface area contributed by atoms with Crippen molar-refractivity contribution in [1.29, 1.82) is 0 Å². The van der Waals surface area contributed by atoms with Crippen molar-refractivity contribution >= 4 is 29.3 Å². The Morgan fingerprint density at radius 2 is 1.80 bits per heavy atom. The zero-order valence-electron chi connectivity index (χ0n) is 15.9. The summed E-state index contributed by atoms with van der Waals surface area (Å²) in [5.74, 6) is -0.521. The summed E-state index contributed by atoms with van der Waals surface area (Å²) < 4.78 is 34.3. The number of carbonyl (C=O) groups excluding carboxylic acids is 1. The fourth-order valence-electron chi connectivity index (χ4n) is 3.06. The first kappa shape index (κ1) is 20.3. The van der Waals surface area contributed by atoms with Crippen LogP contribution in [0.2, 0.25) is 0 Å². The number of aromatic nitrogens is 3. The molecule has 1 aliphatic rings. The van der Waals surface area contributed by atoms with Gasteiger partial charge >= 0.3 is 0 Å². The van der Waals surface area contributed by atoms with Crippen LogP contribution in [0.3, 0.4) is 0 Å². The Labute approximate surface area is 176 Å². The van der Waals surface area contributed by atoms with E-state index in [9.17, 15) is 13.6 Å². The smallest absolute Gasteiger partial charge is 0.234 e. The maximum absolute atomic E-state index is 13.9. The van der Waals surface area contributed by atoms with Crippen molar-refractivity contribution in [3.05, 3.63) is 60.2 Å². The van der Waals surface area contributed by atoms with Crippen molar-refractivity contribution in [3.63, 3.8) is 0 Å². The molecule has 30 heavy (non-hydrogen) atoms. The molecular weight excluding hydrogens is 412 g/mol. The first-order chi connectivity index (χ1) is 14.6. The van der Waals surface area contributed by atoms with Gasteiger partial charge in [-0.05, 0) is 36.4 Å². The molecule has 1 N–H and O–H groups in total. The van der Waals surface area contributed by atoms with E-state index in [-0.39, 0.29) is 17.5 Å². The average Bonchev–Trinajstić information content (AvgIpc) is 3.17. The summed E-state index contributed by atoms with van der Waals surface area (Å²) >= 11 is 1.17. The monoisotopic (exact) mass is 431 g/mol. The number of nitrogens with one attached hydrogen (secondary N) is 1. The van der Waals surface area contributed by atoms with E-state index >= 15 is 0 Å². The summed E-state index contributed by atoms with van der Waals surface area (Å²) in [4.78, 5) is 14.3. The fourth-order valence-corrected chi connectivity index (χ4v) is 3.81. The third kappa shape index (κ3) is 4.77. The summed E-state index contributed by atoms with van der Waals surface area (Å²) in [7, 11) is 0. The maximum atomic E-state index is 13.9. The Hall–Kier alpha value is -2.98. The van der Waals surface area contributed by atoms with E-state index < -0.39 is 5.82 Å². The number of hydrogen-bond donors (Lipinski definition) is 1. The van der Waals surface area contributed by atoms with Gasteiger partial charge in [-0.1, -0.05) is 23.9 Å². The lowest BCUT2D eigenvalue weighted by Crippen LogP contribution is -2.37. The number of benzene rings is 2. The third-order valence-electron chi connectivity index (χ3n) is 4.42. The van der Waals surface area contributed by atoms with Gasteiger partial charge in [0.15, 0.2) is 5.16 Å². The van der Waals surface area contributed by atoms with E-state index in [2.05, 4.69) is 15.5 Å². The minimum Gasteiger partial charge on any atom is -0.378 e. The number of amides is 1. The Balaban J connectivity index is 1.55. The molecule has 1 saturated heterocycles. The zero-order valence-corrected chi connectivity index (χ0v) is 16.7. The lowest BCUT2D eigenvalue weighted by atomic mass is 10.3. The molecule has 0 atom stereocenters. The van der Waals surface area contributed by atoms with Crippen molar-refractivity contribution < 1.29 is 18.3 Å². The molecule has 1 aromatic heterocycles. The molecule has 7 nitrogen and oxygen atoms in total. The minimum atomic E-state index is -0.429. The lowest BCUT2D eigenvalue weighted by molar-refractivity contribution is -0.113. The van der Waals surface area contributed by atoms with Gasteiger partial charge in [0.1, 0.15) is 11.6 Å². The van der Waals surface area contributed by atoms with Crippen LogP contribution in [0.4, 0.5) is 20.4 Å². The first-order valence-electron chi connectivity index (χ1n) is 9.32. The minimum absolute atomic E-state index is 0.0348. The number of halogens is 2. The van der Waals surface area contributed by atoms with Crippen LogP contribution in [-0.4, -0.2) is 52.7 Å². The highest BCUT2D eigenvalue weighted by molar-refractivity contribution is 7.99. The van der Waals surface area contributed by atoms with Gasteiger partial charge in [0.25, 0.3) is 0 Å². The van der Waals surface area contributed by atoms with Gasteiger partial charge in [-0.15, -0.1) is 10.2 Å². The average molecular weight is 431 g/mol. The largest absolute Gasteiger partial charge is 0.378 e. The van der Waals surface area contributed by atoms with E-state index in [0.717, 1.165) is 0 Å². The molecule has 10 heteroatoms. The Morgan fingerprint density at radius 1 is 1.07 bits per heavy atom. The van der Waals surface area contributed by atoms with Crippen molar-refractivity contribution in [2.75, 3.05) is 42.3 Å². The standard InChI is InChI=1S/C20H19F2N5O2S/c21-14-3-1-5-16(11-14)23-18(28)13-30-20-25-24-19(26-7-9-29-10-8-26)27(20)17-6-2-4-15(22)12-17/h1-6,11-12H,7-10,13H2,(H,23,28). The molecule has 1 amide bonds. The van der Waals surface area contributed by atoms with Crippen LogP contribution in [0.1, 0.15) is 0 Å². The molecule has 0 saturated carbocycles. The van der Waals surface area contributed by atoms with Crippen LogP contribution >= 0.6 is 11.8 Å². The molecule has 1 aliphatic heterocycles. The quantitative estimate of drug-likeness (QED) is 0.605. The molecule has 2 aromatic carbocycles. The molecule has 2 heterocycles. The maximum Gasteiger partial charge on any atom is 0.234 e. The summed E-state index contributed by atoms with van der Waals surface area (Å²) in [5.41, 5.74) is 0.940. The van der Waals surface area contributed by atoms with Crippen molar-refractivity contribution in [2.24, 2.45) is 0 Å². The predicted octanol–water partition coefficient (Wildman–Crippen LogP) is 3.11. The van der Waals surface area contributed by atoms with Crippen LogP contribution in [0.15, 0.2) is 53.7 Å². The van der Waals surface area contributed by atoms with Crippen molar-refractivity contribution in [3.8, 4) is 5.69 Å². The summed E-state index contributed by atoms with van der Waals surface area (Å²) in [6.07, 6.45) is 0. The number of rotatable bonds is 6. The predicted molar refractivity (Wildman–Crippen MR) is 110 cm³/mol. The van der Waals surface area contributed by atoms with Gasteiger partial charge in [0.05, 0.1) is 24.7 Å². The van der Waals surface area contributed by atoms with Gasteiger partial charge < -0.3 is 15.0 Å². The molecule has 3 aromatic rings. The van der Waals surface area contributed by atoms with Crippen LogP contribution in [0, 0.1) is 11.6 Å². The Morgan fingerprint density at radius 3 is 2.53 bits per heavy atom. The third-order valence-corrected chi connectivity index (χ3v) is 5.35. The summed E-state index contributed by atoms with van der Waals surface area (Å²) in [6.45, 7) is 2.40. The Bertz CT molecular complexity index is 1040. The van der Waals surface area contributed by atoms with Gasteiger partial charge in [-0.2, -0.15) is 0 Å².